The number of hydrogen-bond donors (Lipinski definition) is 1. The molecule has 5 nitrogen and oxygen atoms in total. The molecule has 1 amide bonds. The molecule has 1 aromatic heterocycles. The molecule has 25 heavy (non-hydrogen) atoms. The standard InChI is InChI=1S/C17H16F3N3O2/c1-10(11-2-4-12(5-3-11)25-9-17(18,19)20)23-8-14-13(16(23)24)6-7-22-15(14)21/h2-7,10H,8-9H2,1H3,(H2,21,22). The average Bonchev–Trinajstić information content (AvgIpc) is 2.91. The van der Waals surface area contributed by atoms with Gasteiger partial charge in [0.25, 0.3) is 5.91 Å². The Labute approximate surface area is 142 Å². The molecule has 1 aromatic carbocycles. The minimum absolute atomic E-state index is 0.123. The first-order valence-electron chi connectivity index (χ1n) is 7.60. The SMILES string of the molecule is CC(c1ccc(OCC(F)(F)F)cc1)N1Cc2c(ccnc2N)C1=O. The van der Waals surface area contributed by atoms with Crippen LogP contribution in [0.2, 0.25) is 0 Å². The van der Waals surface area contributed by atoms with Crippen LogP contribution in [0.3, 0.4) is 0 Å². The quantitative estimate of drug-likeness (QED) is 0.917. The lowest BCUT2D eigenvalue weighted by atomic mass is 10.1. The Morgan fingerprint density at radius 2 is 1.96 bits per heavy atom. The summed E-state index contributed by atoms with van der Waals surface area (Å²) in [6.45, 7) is 0.856. The molecule has 3 rings (SSSR count). The number of fused-ring (bicyclic) bond motifs is 1. The summed E-state index contributed by atoms with van der Waals surface area (Å²) in [5.74, 6) is 0.309. The van der Waals surface area contributed by atoms with Gasteiger partial charge in [-0.2, -0.15) is 13.2 Å². The molecule has 1 aliphatic rings. The van der Waals surface area contributed by atoms with Gasteiger partial charge < -0.3 is 15.4 Å². The number of nitrogen functional groups attached to an aromatic ring is 1. The number of hydrogen-bond acceptors (Lipinski definition) is 4. The van der Waals surface area contributed by atoms with E-state index in [-0.39, 0.29) is 17.7 Å². The van der Waals surface area contributed by atoms with Crippen molar-refractivity contribution >= 4 is 11.7 Å². The molecule has 0 aliphatic carbocycles. The Balaban J connectivity index is 1.73. The van der Waals surface area contributed by atoms with Gasteiger partial charge in [0, 0.05) is 17.3 Å². The van der Waals surface area contributed by atoms with Gasteiger partial charge in [0.2, 0.25) is 0 Å². The monoisotopic (exact) mass is 351 g/mol. The maximum Gasteiger partial charge on any atom is 0.422 e. The summed E-state index contributed by atoms with van der Waals surface area (Å²) in [4.78, 5) is 18.2. The fourth-order valence-electron chi connectivity index (χ4n) is 2.77. The zero-order valence-corrected chi connectivity index (χ0v) is 13.4. The smallest absolute Gasteiger partial charge is 0.422 e. The van der Waals surface area contributed by atoms with Gasteiger partial charge in [0.1, 0.15) is 11.6 Å². The second-order valence-electron chi connectivity index (χ2n) is 5.80. The number of alkyl halides is 3. The van der Waals surface area contributed by atoms with Crippen LogP contribution in [0.4, 0.5) is 19.0 Å². The highest BCUT2D eigenvalue weighted by Crippen LogP contribution is 2.33. The number of benzene rings is 1. The molecule has 132 valence electrons. The number of rotatable bonds is 4. The van der Waals surface area contributed by atoms with Gasteiger partial charge in [-0.05, 0) is 30.7 Å². The molecule has 0 spiro atoms. The van der Waals surface area contributed by atoms with Crippen molar-refractivity contribution in [3.05, 3.63) is 53.2 Å². The number of carbonyl (C=O) groups is 1. The van der Waals surface area contributed by atoms with Crippen LogP contribution in [0.15, 0.2) is 36.5 Å². The summed E-state index contributed by atoms with van der Waals surface area (Å²) in [5, 5.41) is 0. The molecule has 1 aliphatic heterocycles. The summed E-state index contributed by atoms with van der Waals surface area (Å²) < 4.78 is 41.2. The highest BCUT2D eigenvalue weighted by molar-refractivity contribution is 5.99. The summed E-state index contributed by atoms with van der Waals surface area (Å²) in [6.07, 6.45) is -2.89. The maximum absolute atomic E-state index is 12.5. The fraction of sp³-hybridized carbons (Fsp3) is 0.294. The van der Waals surface area contributed by atoms with Crippen molar-refractivity contribution in [3.63, 3.8) is 0 Å². The lowest BCUT2D eigenvalue weighted by Gasteiger charge is -2.25. The molecular formula is C17H16F3N3O2. The van der Waals surface area contributed by atoms with Gasteiger partial charge in [-0.1, -0.05) is 12.1 Å². The third-order valence-corrected chi connectivity index (χ3v) is 4.14. The first-order valence-corrected chi connectivity index (χ1v) is 7.60. The molecule has 0 saturated heterocycles. The number of nitrogens with zero attached hydrogens (tertiary/aromatic N) is 2. The van der Waals surface area contributed by atoms with Crippen LogP contribution in [0.1, 0.15) is 34.5 Å². The van der Waals surface area contributed by atoms with Crippen molar-refractivity contribution in [1.82, 2.24) is 9.88 Å². The third-order valence-electron chi connectivity index (χ3n) is 4.14. The molecule has 2 aromatic rings. The fourth-order valence-corrected chi connectivity index (χ4v) is 2.77. The Morgan fingerprint density at radius 3 is 2.56 bits per heavy atom. The summed E-state index contributed by atoms with van der Waals surface area (Å²) >= 11 is 0. The van der Waals surface area contributed by atoms with E-state index in [1.54, 1.807) is 23.1 Å². The molecular weight excluding hydrogens is 335 g/mol. The minimum atomic E-state index is -4.38. The number of carbonyl (C=O) groups excluding carboxylic acids is 1. The normalized spacial score (nSPS) is 15.2. The number of amides is 1. The highest BCUT2D eigenvalue weighted by Gasteiger charge is 2.33. The average molecular weight is 351 g/mol. The number of anilines is 1. The Kier molecular flexibility index (Phi) is 4.28. The van der Waals surface area contributed by atoms with Crippen molar-refractivity contribution in [1.29, 1.82) is 0 Å². The van der Waals surface area contributed by atoms with Gasteiger partial charge >= 0.3 is 6.18 Å². The van der Waals surface area contributed by atoms with E-state index < -0.39 is 12.8 Å². The van der Waals surface area contributed by atoms with Crippen LogP contribution in [-0.2, 0) is 6.54 Å². The molecule has 2 N–H and O–H groups in total. The predicted octanol–water partition coefficient (Wildman–Crippen LogP) is 3.32. The lowest BCUT2D eigenvalue weighted by molar-refractivity contribution is -0.153. The number of aromatic nitrogens is 1. The van der Waals surface area contributed by atoms with Crippen molar-refractivity contribution in [3.8, 4) is 5.75 Å². The van der Waals surface area contributed by atoms with Gasteiger partial charge in [0.15, 0.2) is 6.61 Å². The minimum Gasteiger partial charge on any atom is -0.484 e. The van der Waals surface area contributed by atoms with Crippen LogP contribution in [0.5, 0.6) is 5.75 Å². The van der Waals surface area contributed by atoms with Crippen LogP contribution in [0, 0.1) is 0 Å². The van der Waals surface area contributed by atoms with Gasteiger partial charge in [-0.25, -0.2) is 4.98 Å². The summed E-state index contributed by atoms with van der Waals surface area (Å²) in [7, 11) is 0. The van der Waals surface area contributed by atoms with Crippen LogP contribution in [-0.4, -0.2) is 28.6 Å². The van der Waals surface area contributed by atoms with Gasteiger partial charge in [0.05, 0.1) is 12.6 Å². The van der Waals surface area contributed by atoms with E-state index in [4.69, 9.17) is 5.73 Å². The topological polar surface area (TPSA) is 68.4 Å². The first kappa shape index (κ1) is 17.1. The largest absolute Gasteiger partial charge is 0.484 e. The Bertz CT molecular complexity index is 791. The number of nitrogens with two attached hydrogens (primary N) is 1. The Hall–Kier alpha value is -2.77. The van der Waals surface area contributed by atoms with Crippen molar-refractivity contribution in [2.45, 2.75) is 25.7 Å². The summed E-state index contributed by atoms with van der Waals surface area (Å²) in [5.41, 5.74) is 7.84. The number of pyridine rings is 1. The van der Waals surface area contributed by atoms with E-state index in [1.807, 2.05) is 6.92 Å². The van der Waals surface area contributed by atoms with E-state index in [1.165, 1.54) is 18.3 Å². The highest BCUT2D eigenvalue weighted by atomic mass is 19.4. The molecule has 2 heterocycles. The molecule has 0 saturated carbocycles. The number of halogens is 3. The van der Waals surface area contributed by atoms with E-state index >= 15 is 0 Å². The predicted molar refractivity (Wildman–Crippen MR) is 84.9 cm³/mol. The molecule has 0 radical (unpaired) electrons. The Morgan fingerprint density at radius 1 is 1.28 bits per heavy atom. The molecule has 0 bridgehead atoms. The molecule has 8 heteroatoms. The van der Waals surface area contributed by atoms with Crippen molar-refractivity contribution < 1.29 is 22.7 Å². The molecule has 0 fully saturated rings. The van der Waals surface area contributed by atoms with E-state index in [0.29, 0.717) is 23.5 Å². The number of ether oxygens (including phenoxy) is 1. The van der Waals surface area contributed by atoms with E-state index in [0.717, 1.165) is 5.56 Å². The first-order chi connectivity index (χ1) is 11.8. The van der Waals surface area contributed by atoms with E-state index in [9.17, 15) is 18.0 Å². The van der Waals surface area contributed by atoms with Crippen molar-refractivity contribution in [2.75, 3.05) is 12.3 Å². The second kappa shape index (κ2) is 6.27. The van der Waals surface area contributed by atoms with Gasteiger partial charge in [-0.15, -0.1) is 0 Å². The van der Waals surface area contributed by atoms with E-state index in [2.05, 4.69) is 9.72 Å². The zero-order valence-electron chi connectivity index (χ0n) is 13.4. The van der Waals surface area contributed by atoms with Crippen LogP contribution < -0.4 is 10.5 Å². The van der Waals surface area contributed by atoms with Gasteiger partial charge in [-0.3, -0.25) is 4.79 Å². The lowest BCUT2D eigenvalue weighted by Crippen LogP contribution is -2.27. The molecule has 1 atom stereocenters. The third kappa shape index (κ3) is 3.52. The molecule has 1 unspecified atom stereocenters. The van der Waals surface area contributed by atoms with Crippen LogP contribution >= 0.6 is 0 Å². The van der Waals surface area contributed by atoms with Crippen molar-refractivity contribution in [2.24, 2.45) is 0 Å². The maximum atomic E-state index is 12.5. The van der Waals surface area contributed by atoms with Crippen LogP contribution in [0.25, 0.3) is 0 Å². The zero-order chi connectivity index (χ0) is 18.2. The summed E-state index contributed by atoms with van der Waals surface area (Å²) in [6, 6.07) is 7.58. The second-order valence-corrected chi connectivity index (χ2v) is 5.80.